The molecule has 1 amide bonds. The van der Waals surface area contributed by atoms with Crippen molar-refractivity contribution < 1.29 is 29.2 Å². The highest BCUT2D eigenvalue weighted by Crippen LogP contribution is 2.46. The Morgan fingerprint density at radius 3 is 2.67 bits per heavy atom. The number of aliphatic hydroxyl groups excluding tert-OH is 1. The second-order valence-electron chi connectivity index (χ2n) is 7.82. The highest BCUT2D eigenvalue weighted by Gasteiger charge is 2.36. The molecule has 1 unspecified atom stereocenters. The van der Waals surface area contributed by atoms with Crippen molar-refractivity contribution in [1.82, 2.24) is 9.97 Å². The van der Waals surface area contributed by atoms with Gasteiger partial charge in [-0.1, -0.05) is 6.07 Å². The number of pyridine rings is 1. The lowest BCUT2D eigenvalue weighted by Gasteiger charge is -2.17. The van der Waals surface area contributed by atoms with Gasteiger partial charge in [0, 0.05) is 35.5 Å². The summed E-state index contributed by atoms with van der Waals surface area (Å²) in [5, 5.41) is 22.0. The van der Waals surface area contributed by atoms with Gasteiger partial charge in [-0.05, 0) is 23.8 Å². The minimum Gasteiger partial charge on any atom is -0.506 e. The number of methoxy groups -OCH3 is 3. The fourth-order valence-corrected chi connectivity index (χ4v) is 4.65. The summed E-state index contributed by atoms with van der Waals surface area (Å²) < 4.78 is 16.4. The first-order valence-corrected chi connectivity index (χ1v) is 10.4. The quantitative estimate of drug-likeness (QED) is 0.428. The Labute approximate surface area is 189 Å². The average Bonchev–Trinajstić information content (AvgIpc) is 3.43. The molecule has 1 atom stereocenters. The molecule has 0 bridgehead atoms. The Kier molecular flexibility index (Phi) is 4.98. The summed E-state index contributed by atoms with van der Waals surface area (Å²) in [4.78, 5) is 22.6. The summed E-state index contributed by atoms with van der Waals surface area (Å²) in [5.41, 5.74) is 2.72. The van der Waals surface area contributed by atoms with Crippen molar-refractivity contribution in [2.75, 3.05) is 39.4 Å². The number of nitrogens with zero attached hydrogens (tertiary/aromatic N) is 2. The molecule has 0 saturated heterocycles. The van der Waals surface area contributed by atoms with E-state index in [0.717, 1.165) is 16.3 Å². The Morgan fingerprint density at radius 1 is 1.18 bits per heavy atom. The van der Waals surface area contributed by atoms with Crippen molar-refractivity contribution in [2.45, 2.75) is 5.92 Å². The van der Waals surface area contributed by atoms with Crippen LogP contribution in [-0.4, -0.2) is 60.6 Å². The number of phenolic OH excluding ortho intramolecular Hbond substituents is 1. The van der Waals surface area contributed by atoms with Crippen LogP contribution >= 0.6 is 0 Å². The molecule has 2 aromatic heterocycles. The van der Waals surface area contributed by atoms with Gasteiger partial charge >= 0.3 is 0 Å². The zero-order chi connectivity index (χ0) is 23.3. The predicted octanol–water partition coefficient (Wildman–Crippen LogP) is 3.18. The van der Waals surface area contributed by atoms with E-state index >= 15 is 0 Å². The van der Waals surface area contributed by atoms with Gasteiger partial charge in [0.05, 0.1) is 39.1 Å². The van der Waals surface area contributed by atoms with E-state index in [0.29, 0.717) is 39.7 Å². The number of carbonyl (C=O) groups is 1. The molecule has 2 aromatic carbocycles. The van der Waals surface area contributed by atoms with E-state index in [1.807, 2.05) is 6.07 Å². The van der Waals surface area contributed by atoms with Crippen LogP contribution in [0, 0.1) is 0 Å². The number of benzene rings is 2. The monoisotopic (exact) mass is 449 g/mol. The summed E-state index contributed by atoms with van der Waals surface area (Å²) in [6, 6.07) is 8.63. The van der Waals surface area contributed by atoms with Crippen LogP contribution in [0.25, 0.3) is 21.8 Å². The molecule has 0 aliphatic carbocycles. The zero-order valence-electron chi connectivity index (χ0n) is 18.4. The molecule has 0 fully saturated rings. The fourth-order valence-electron chi connectivity index (χ4n) is 4.65. The number of phenols is 1. The number of H-pyrrole nitrogens is 1. The van der Waals surface area contributed by atoms with E-state index < -0.39 is 0 Å². The number of amides is 1. The molecule has 9 heteroatoms. The predicted molar refractivity (Wildman–Crippen MR) is 123 cm³/mol. The Balaban J connectivity index is 1.64. The lowest BCUT2D eigenvalue weighted by molar-refractivity contribution is 0.0983. The molecule has 5 rings (SSSR count). The number of aliphatic hydroxyl groups is 1. The van der Waals surface area contributed by atoms with E-state index in [4.69, 9.17) is 14.2 Å². The lowest BCUT2D eigenvalue weighted by atomic mass is 9.97. The van der Waals surface area contributed by atoms with Gasteiger partial charge in [0.2, 0.25) is 5.75 Å². The number of carbonyl (C=O) groups excluding carboxylic acids is 1. The van der Waals surface area contributed by atoms with Crippen LogP contribution < -0.4 is 19.1 Å². The molecule has 3 N–H and O–H groups in total. The van der Waals surface area contributed by atoms with Crippen LogP contribution in [0.5, 0.6) is 23.0 Å². The summed E-state index contributed by atoms with van der Waals surface area (Å²) in [5.74, 6) is 0.713. The smallest absolute Gasteiger partial charge is 0.274 e. The molecule has 33 heavy (non-hydrogen) atoms. The van der Waals surface area contributed by atoms with E-state index in [2.05, 4.69) is 9.97 Å². The highest BCUT2D eigenvalue weighted by molar-refractivity contribution is 6.11. The third kappa shape index (κ3) is 3.04. The van der Waals surface area contributed by atoms with Crippen molar-refractivity contribution >= 4 is 33.4 Å². The van der Waals surface area contributed by atoms with Gasteiger partial charge in [-0.3, -0.25) is 9.78 Å². The van der Waals surface area contributed by atoms with E-state index in [1.54, 1.807) is 29.3 Å². The van der Waals surface area contributed by atoms with Crippen molar-refractivity contribution in [3.63, 3.8) is 0 Å². The molecule has 170 valence electrons. The fraction of sp³-hybridized carbons (Fsp3) is 0.250. The van der Waals surface area contributed by atoms with Gasteiger partial charge in [-0.25, -0.2) is 0 Å². The number of aromatic amines is 1. The number of nitrogens with one attached hydrogen (secondary N) is 1. The van der Waals surface area contributed by atoms with Crippen molar-refractivity contribution in [3.05, 3.63) is 47.8 Å². The Bertz CT molecular complexity index is 1400. The van der Waals surface area contributed by atoms with Crippen LogP contribution in [0.4, 0.5) is 5.69 Å². The van der Waals surface area contributed by atoms with Crippen LogP contribution in [0.3, 0.4) is 0 Å². The Morgan fingerprint density at radius 2 is 1.97 bits per heavy atom. The minimum absolute atomic E-state index is 0.0199. The first kappa shape index (κ1) is 20.9. The standard InChI is InChI=1S/C24H23N3O6/c1-31-18-8-12-7-15(26-20(12)23(33-3)22(18)32-2)24(30)27-10-13(11-28)19-14-5-4-6-25-21(14)17(29)9-16(19)27/h4-9,13,26,28-29H,10-11H2,1-3H3. The first-order chi connectivity index (χ1) is 16.0. The molecule has 9 nitrogen and oxygen atoms in total. The van der Waals surface area contributed by atoms with Gasteiger partial charge in [0.25, 0.3) is 5.91 Å². The summed E-state index contributed by atoms with van der Waals surface area (Å²) >= 11 is 0. The maximum Gasteiger partial charge on any atom is 0.274 e. The number of hydrogen-bond donors (Lipinski definition) is 3. The molecule has 1 aliphatic rings. The van der Waals surface area contributed by atoms with Gasteiger partial charge in [0.15, 0.2) is 11.5 Å². The Hall–Kier alpha value is -3.98. The van der Waals surface area contributed by atoms with Gasteiger partial charge < -0.3 is 34.3 Å². The number of rotatable bonds is 5. The van der Waals surface area contributed by atoms with Gasteiger partial charge in [-0.15, -0.1) is 0 Å². The number of ether oxygens (including phenoxy) is 3. The molecule has 1 aliphatic heterocycles. The van der Waals surface area contributed by atoms with Crippen molar-refractivity contribution in [2.24, 2.45) is 0 Å². The summed E-state index contributed by atoms with van der Waals surface area (Å²) in [6.07, 6.45) is 1.60. The van der Waals surface area contributed by atoms with Crippen LogP contribution in [-0.2, 0) is 0 Å². The maximum atomic E-state index is 13.6. The second kappa shape index (κ2) is 7.86. The van der Waals surface area contributed by atoms with Crippen LogP contribution in [0.2, 0.25) is 0 Å². The van der Waals surface area contributed by atoms with E-state index in [9.17, 15) is 15.0 Å². The molecule has 0 radical (unpaired) electrons. The maximum absolute atomic E-state index is 13.6. The van der Waals surface area contributed by atoms with Crippen LogP contribution in [0.15, 0.2) is 36.5 Å². The average molecular weight is 449 g/mol. The molecule has 4 aromatic rings. The van der Waals surface area contributed by atoms with Gasteiger partial charge in [0.1, 0.15) is 17.0 Å². The van der Waals surface area contributed by atoms with E-state index in [-0.39, 0.29) is 30.7 Å². The highest BCUT2D eigenvalue weighted by atomic mass is 16.5. The summed E-state index contributed by atoms with van der Waals surface area (Å²) in [7, 11) is 4.57. The molecule has 0 spiro atoms. The number of anilines is 1. The summed E-state index contributed by atoms with van der Waals surface area (Å²) in [6.45, 7) is 0.137. The number of hydrogen-bond acceptors (Lipinski definition) is 7. The number of aromatic nitrogens is 2. The zero-order valence-corrected chi connectivity index (χ0v) is 18.4. The molecular weight excluding hydrogens is 426 g/mol. The van der Waals surface area contributed by atoms with E-state index in [1.165, 1.54) is 27.4 Å². The van der Waals surface area contributed by atoms with Crippen molar-refractivity contribution in [3.8, 4) is 23.0 Å². The third-order valence-electron chi connectivity index (χ3n) is 6.11. The molecule has 0 saturated carbocycles. The van der Waals surface area contributed by atoms with Gasteiger partial charge in [-0.2, -0.15) is 0 Å². The third-order valence-corrected chi connectivity index (χ3v) is 6.11. The normalized spacial score (nSPS) is 15.2. The molecular formula is C24H23N3O6. The number of fused-ring (bicyclic) bond motifs is 4. The SMILES string of the molecule is COc1cc2cc(C(=O)N3CC(CO)c4c3cc(O)c3ncccc43)[nH]c2c(OC)c1OC. The second-order valence-corrected chi connectivity index (χ2v) is 7.82. The van der Waals surface area contributed by atoms with Crippen molar-refractivity contribution in [1.29, 1.82) is 0 Å². The largest absolute Gasteiger partial charge is 0.506 e. The van der Waals surface area contributed by atoms with Crippen LogP contribution in [0.1, 0.15) is 22.0 Å². The minimum atomic E-state index is -0.300. The topological polar surface area (TPSA) is 117 Å². The number of aromatic hydroxyl groups is 1. The first-order valence-electron chi connectivity index (χ1n) is 10.4. The molecule has 3 heterocycles. The lowest BCUT2D eigenvalue weighted by Crippen LogP contribution is -2.30.